The average Bonchev–Trinajstić information content (AvgIpc) is 3.05. The highest BCUT2D eigenvalue weighted by atomic mass is 16.6. The first-order valence-electron chi connectivity index (χ1n) is 8.40. The molecule has 0 aromatic carbocycles. The van der Waals surface area contributed by atoms with Gasteiger partial charge in [0.05, 0.1) is 13.1 Å². The van der Waals surface area contributed by atoms with E-state index in [1.165, 1.54) is 6.92 Å². The van der Waals surface area contributed by atoms with Gasteiger partial charge in [0.2, 0.25) is 0 Å². The molecule has 3 aliphatic heterocycles. The van der Waals surface area contributed by atoms with Crippen molar-refractivity contribution in [1.82, 2.24) is 0 Å². The Morgan fingerprint density at radius 1 is 1.48 bits per heavy atom. The molecule has 25 heavy (non-hydrogen) atoms. The SMILES string of the molecule is C=C1C/C(=C/C)C(=O)O[C@@H]2CC[N+]3([O-])CC=C(COC(=O)[C@]1(C)O)[C@H]23. The van der Waals surface area contributed by atoms with Crippen molar-refractivity contribution in [2.75, 3.05) is 19.7 Å². The van der Waals surface area contributed by atoms with Crippen LogP contribution in [-0.4, -0.2) is 59.1 Å². The minimum atomic E-state index is -1.93. The van der Waals surface area contributed by atoms with Crippen molar-refractivity contribution in [2.45, 2.75) is 44.4 Å². The number of hydrogen-bond donors (Lipinski definition) is 1. The van der Waals surface area contributed by atoms with Crippen molar-refractivity contribution in [2.24, 2.45) is 0 Å². The monoisotopic (exact) mass is 349 g/mol. The molecule has 0 aromatic heterocycles. The van der Waals surface area contributed by atoms with E-state index in [4.69, 9.17) is 9.47 Å². The molecule has 7 heteroatoms. The first kappa shape index (κ1) is 17.8. The maximum Gasteiger partial charge on any atom is 0.342 e. The second kappa shape index (κ2) is 6.09. The lowest BCUT2D eigenvalue weighted by Gasteiger charge is -2.40. The number of carbonyl (C=O) groups is 2. The normalized spacial score (nSPS) is 40.7. The Balaban J connectivity index is 1.96. The van der Waals surface area contributed by atoms with E-state index < -0.39 is 34.3 Å². The molecule has 0 aliphatic carbocycles. The summed E-state index contributed by atoms with van der Waals surface area (Å²) < 4.78 is 10.4. The number of nitrogens with zero attached hydrogens (tertiary/aromatic N) is 1. The summed E-state index contributed by atoms with van der Waals surface area (Å²) in [5.41, 5.74) is -0.841. The smallest absolute Gasteiger partial charge is 0.342 e. The molecule has 2 saturated heterocycles. The summed E-state index contributed by atoms with van der Waals surface area (Å²) in [5.74, 6) is -1.38. The van der Waals surface area contributed by atoms with Crippen LogP contribution < -0.4 is 0 Å². The van der Waals surface area contributed by atoms with E-state index in [1.807, 2.05) is 0 Å². The second-order valence-electron chi connectivity index (χ2n) is 7.06. The van der Waals surface area contributed by atoms with Crippen molar-refractivity contribution >= 4 is 11.9 Å². The summed E-state index contributed by atoms with van der Waals surface area (Å²) in [5, 5.41) is 23.4. The van der Waals surface area contributed by atoms with Crippen LogP contribution in [0.25, 0.3) is 0 Å². The highest BCUT2D eigenvalue weighted by Crippen LogP contribution is 2.39. The van der Waals surface area contributed by atoms with Crippen LogP contribution in [0.5, 0.6) is 0 Å². The van der Waals surface area contributed by atoms with E-state index in [1.54, 1.807) is 19.1 Å². The second-order valence-corrected chi connectivity index (χ2v) is 7.06. The molecule has 136 valence electrons. The highest BCUT2D eigenvalue weighted by Gasteiger charge is 2.51. The lowest BCUT2D eigenvalue weighted by Crippen LogP contribution is -2.48. The van der Waals surface area contributed by atoms with Crippen molar-refractivity contribution in [3.63, 3.8) is 0 Å². The molecule has 0 bridgehead atoms. The topological polar surface area (TPSA) is 95.9 Å². The summed E-state index contributed by atoms with van der Waals surface area (Å²) >= 11 is 0. The zero-order chi connectivity index (χ0) is 18.4. The zero-order valence-electron chi connectivity index (χ0n) is 14.5. The van der Waals surface area contributed by atoms with Crippen LogP contribution >= 0.6 is 0 Å². The van der Waals surface area contributed by atoms with Gasteiger partial charge >= 0.3 is 11.9 Å². The Kier molecular flexibility index (Phi) is 4.35. The predicted octanol–water partition coefficient (Wildman–Crippen LogP) is 1.13. The summed E-state index contributed by atoms with van der Waals surface area (Å²) in [7, 11) is 0. The largest absolute Gasteiger partial charge is 0.632 e. The van der Waals surface area contributed by atoms with Gasteiger partial charge in [-0.05, 0) is 25.5 Å². The molecule has 0 aromatic rings. The standard InChI is InChI=1S/C18H23NO6/c1-4-12-9-11(2)18(3,22)17(21)24-10-13-5-7-19(23)8-6-14(15(13)19)25-16(12)20/h4-5,14-15,22H,2,6-10H2,1,3H3/b12-4-/t14-,15-,18-,19?/m1/s1. The van der Waals surface area contributed by atoms with Crippen LogP contribution in [-0.2, 0) is 19.1 Å². The van der Waals surface area contributed by atoms with Gasteiger partial charge in [-0.25, -0.2) is 9.59 Å². The fourth-order valence-electron chi connectivity index (χ4n) is 3.69. The third-order valence-corrected chi connectivity index (χ3v) is 5.42. The summed E-state index contributed by atoms with van der Waals surface area (Å²) in [6, 6.07) is -0.553. The van der Waals surface area contributed by atoms with Crippen LogP contribution in [0.1, 0.15) is 26.7 Å². The van der Waals surface area contributed by atoms with Gasteiger partial charge in [0.1, 0.15) is 6.61 Å². The van der Waals surface area contributed by atoms with Gasteiger partial charge in [0.25, 0.3) is 0 Å². The molecule has 3 heterocycles. The number of esters is 2. The number of hydroxylamine groups is 3. The van der Waals surface area contributed by atoms with Crippen LogP contribution in [0, 0.1) is 5.21 Å². The van der Waals surface area contributed by atoms with Gasteiger partial charge < -0.3 is 24.4 Å². The minimum Gasteiger partial charge on any atom is -0.632 e. The molecular formula is C18H23NO6. The Morgan fingerprint density at radius 2 is 2.20 bits per heavy atom. The minimum absolute atomic E-state index is 0.00507. The van der Waals surface area contributed by atoms with E-state index in [0.29, 0.717) is 18.5 Å². The average molecular weight is 349 g/mol. The lowest BCUT2D eigenvalue weighted by molar-refractivity contribution is -0.877. The summed E-state index contributed by atoms with van der Waals surface area (Å²) in [4.78, 5) is 24.8. The van der Waals surface area contributed by atoms with Crippen molar-refractivity contribution in [3.8, 4) is 0 Å². The van der Waals surface area contributed by atoms with Gasteiger partial charge in [-0.1, -0.05) is 12.7 Å². The van der Waals surface area contributed by atoms with Gasteiger partial charge in [-0.3, -0.25) is 0 Å². The third-order valence-electron chi connectivity index (χ3n) is 5.42. The van der Waals surface area contributed by atoms with Gasteiger partial charge in [0.15, 0.2) is 17.7 Å². The maximum atomic E-state index is 12.9. The summed E-state index contributed by atoms with van der Waals surface area (Å²) in [6.45, 7) is 7.22. The molecule has 4 atom stereocenters. The number of aliphatic hydroxyl groups is 1. The quantitative estimate of drug-likeness (QED) is 0.231. The van der Waals surface area contributed by atoms with Crippen molar-refractivity contribution < 1.29 is 28.8 Å². The fraction of sp³-hybridized carbons (Fsp3) is 0.556. The van der Waals surface area contributed by atoms with Crippen LogP contribution in [0.3, 0.4) is 0 Å². The van der Waals surface area contributed by atoms with Gasteiger partial charge in [-0.15, -0.1) is 0 Å². The van der Waals surface area contributed by atoms with E-state index in [-0.39, 0.29) is 30.7 Å². The molecule has 0 amide bonds. The third kappa shape index (κ3) is 2.92. The number of cyclic esters (lactones) is 1. The fourth-order valence-corrected chi connectivity index (χ4v) is 3.69. The number of rotatable bonds is 0. The first-order chi connectivity index (χ1) is 11.7. The molecule has 1 unspecified atom stereocenters. The predicted molar refractivity (Wildman–Crippen MR) is 88.8 cm³/mol. The van der Waals surface area contributed by atoms with E-state index in [9.17, 15) is 19.9 Å². The van der Waals surface area contributed by atoms with Crippen molar-refractivity contribution in [1.29, 1.82) is 0 Å². The van der Waals surface area contributed by atoms with Crippen LogP contribution in [0.2, 0.25) is 0 Å². The number of ether oxygens (including phenoxy) is 2. The Morgan fingerprint density at radius 3 is 2.88 bits per heavy atom. The summed E-state index contributed by atoms with van der Waals surface area (Å²) in [6.07, 6.45) is 3.24. The molecule has 3 rings (SSSR count). The number of allylic oxidation sites excluding steroid dienone is 1. The maximum absolute atomic E-state index is 12.9. The van der Waals surface area contributed by atoms with Gasteiger partial charge in [0, 0.05) is 24.0 Å². The zero-order valence-corrected chi connectivity index (χ0v) is 14.5. The number of carbonyl (C=O) groups excluding carboxylic acids is 2. The molecule has 2 fully saturated rings. The van der Waals surface area contributed by atoms with Gasteiger partial charge in [-0.2, -0.15) is 0 Å². The Bertz CT molecular complexity index is 692. The van der Waals surface area contributed by atoms with E-state index in [2.05, 4.69) is 6.58 Å². The first-order valence-corrected chi connectivity index (χ1v) is 8.40. The molecule has 0 radical (unpaired) electrons. The highest BCUT2D eigenvalue weighted by molar-refractivity contribution is 5.90. The molecule has 0 spiro atoms. The number of quaternary nitrogens is 1. The van der Waals surface area contributed by atoms with Crippen LogP contribution in [0.4, 0.5) is 0 Å². The lowest BCUT2D eigenvalue weighted by atomic mass is 9.91. The molecule has 7 nitrogen and oxygen atoms in total. The van der Waals surface area contributed by atoms with E-state index >= 15 is 0 Å². The Hall–Kier alpha value is -1.96. The number of hydrogen-bond acceptors (Lipinski definition) is 6. The molecular weight excluding hydrogens is 326 g/mol. The Labute approximate surface area is 146 Å². The molecule has 0 saturated carbocycles. The van der Waals surface area contributed by atoms with E-state index in [0.717, 1.165) is 0 Å². The molecule has 3 aliphatic rings. The molecule has 1 N–H and O–H groups in total. The van der Waals surface area contributed by atoms with Crippen LogP contribution in [0.15, 0.2) is 35.5 Å². The van der Waals surface area contributed by atoms with Crippen molar-refractivity contribution in [3.05, 3.63) is 40.7 Å².